The Kier molecular flexibility index (Phi) is 1.95. The van der Waals surface area contributed by atoms with Gasteiger partial charge in [0.2, 0.25) is 0 Å². The Bertz CT molecular complexity index is 513. The molecule has 0 aliphatic rings. The number of fused-ring (bicyclic) bond motifs is 1. The molecule has 1 aromatic carbocycles. The number of halogens is 4. The van der Waals surface area contributed by atoms with Crippen LogP contribution in [0.2, 0.25) is 0 Å². The number of nitrogens with zero attached hydrogens (tertiary/aromatic N) is 2. The van der Waals surface area contributed by atoms with Crippen LogP contribution >= 0.6 is 0 Å². The molecule has 80 valence electrons. The molecule has 0 spiro atoms. The van der Waals surface area contributed by atoms with Crippen molar-refractivity contribution >= 4 is 11.0 Å². The van der Waals surface area contributed by atoms with E-state index in [1.54, 1.807) is 0 Å². The van der Waals surface area contributed by atoms with Crippen LogP contribution in [-0.4, -0.2) is 9.77 Å². The number of rotatable bonds is 0. The normalized spacial score (nSPS) is 12.3. The van der Waals surface area contributed by atoms with Crippen molar-refractivity contribution in [1.82, 2.24) is 9.77 Å². The van der Waals surface area contributed by atoms with Crippen LogP contribution in [0, 0.1) is 6.92 Å². The van der Waals surface area contributed by atoms with Crippen LogP contribution in [0.3, 0.4) is 0 Å². The maximum Gasteiger partial charge on any atom is 0.416 e. The van der Waals surface area contributed by atoms with Gasteiger partial charge in [-0.25, -0.2) is 4.98 Å². The summed E-state index contributed by atoms with van der Waals surface area (Å²) in [7, 11) is 0. The minimum absolute atomic E-state index is 0.0346. The first kappa shape index (κ1) is 9.95. The van der Waals surface area contributed by atoms with E-state index in [0.717, 1.165) is 18.5 Å². The minimum Gasteiger partial charge on any atom is -0.234 e. The van der Waals surface area contributed by atoms with Gasteiger partial charge in [0.15, 0.2) is 0 Å². The Morgan fingerprint density at radius 1 is 1.27 bits per heavy atom. The first-order valence-electron chi connectivity index (χ1n) is 4.11. The van der Waals surface area contributed by atoms with Crippen molar-refractivity contribution in [2.45, 2.75) is 13.1 Å². The lowest BCUT2D eigenvalue weighted by Gasteiger charge is -2.09. The molecule has 0 saturated heterocycles. The molecule has 0 N–H and O–H groups in total. The van der Waals surface area contributed by atoms with Crippen LogP contribution in [-0.2, 0) is 6.18 Å². The van der Waals surface area contributed by atoms with Gasteiger partial charge < -0.3 is 0 Å². The summed E-state index contributed by atoms with van der Waals surface area (Å²) >= 11 is 0. The van der Waals surface area contributed by atoms with E-state index < -0.39 is 11.7 Å². The summed E-state index contributed by atoms with van der Waals surface area (Å²) in [5, 5.41) is 0. The summed E-state index contributed by atoms with van der Waals surface area (Å²) in [6, 6.07) is 1.92. The second-order valence-electron chi connectivity index (χ2n) is 3.16. The molecule has 1 aromatic heterocycles. The predicted molar refractivity (Wildman–Crippen MR) is 46.0 cm³/mol. The highest BCUT2D eigenvalue weighted by atomic mass is 19.4. The molecule has 0 atom stereocenters. The van der Waals surface area contributed by atoms with Crippen LogP contribution in [0.15, 0.2) is 18.5 Å². The Balaban J connectivity index is 2.77. The molecule has 0 saturated carbocycles. The summed E-state index contributed by atoms with van der Waals surface area (Å²) in [5.74, 6) is 0. The van der Waals surface area contributed by atoms with Gasteiger partial charge >= 0.3 is 6.18 Å². The predicted octanol–water partition coefficient (Wildman–Crippen LogP) is 3.10. The summed E-state index contributed by atoms with van der Waals surface area (Å²) in [6.07, 6.45) is -3.59. The molecule has 0 aliphatic heterocycles. The summed E-state index contributed by atoms with van der Waals surface area (Å²) in [6.45, 7) is 1.28. The first-order valence-corrected chi connectivity index (χ1v) is 4.11. The first-order chi connectivity index (χ1) is 6.91. The van der Waals surface area contributed by atoms with E-state index in [-0.39, 0.29) is 21.4 Å². The molecule has 15 heavy (non-hydrogen) atoms. The lowest BCUT2D eigenvalue weighted by atomic mass is 10.1. The lowest BCUT2D eigenvalue weighted by Crippen LogP contribution is -2.07. The molecule has 0 aliphatic carbocycles. The number of alkyl halides is 3. The standard InChI is InChI=1S/C9H6F4N2/c1-5-6(9(10,11)12)2-3-7-8(5)14-4-15(7)13/h2-4H,1H3. The second-order valence-corrected chi connectivity index (χ2v) is 3.16. The van der Waals surface area contributed by atoms with Crippen molar-refractivity contribution in [2.75, 3.05) is 0 Å². The topological polar surface area (TPSA) is 17.8 Å². The quantitative estimate of drug-likeness (QED) is 0.621. The summed E-state index contributed by atoms with van der Waals surface area (Å²) in [4.78, 5) is 3.78. The van der Waals surface area contributed by atoms with Crippen LogP contribution in [0.1, 0.15) is 11.1 Å². The van der Waals surface area contributed by atoms with Crippen LogP contribution in [0.4, 0.5) is 17.7 Å². The second kappa shape index (κ2) is 2.95. The lowest BCUT2D eigenvalue weighted by molar-refractivity contribution is -0.137. The third-order valence-corrected chi connectivity index (χ3v) is 2.23. The van der Waals surface area contributed by atoms with Crippen molar-refractivity contribution in [3.05, 3.63) is 29.6 Å². The molecule has 0 fully saturated rings. The van der Waals surface area contributed by atoms with Gasteiger partial charge in [0, 0.05) is 0 Å². The van der Waals surface area contributed by atoms with E-state index >= 15 is 0 Å². The highest BCUT2D eigenvalue weighted by Crippen LogP contribution is 2.34. The van der Waals surface area contributed by atoms with E-state index in [1.807, 2.05) is 0 Å². The summed E-state index contributed by atoms with van der Waals surface area (Å²) < 4.78 is 50.3. The maximum absolute atomic E-state index is 12.9. The van der Waals surface area contributed by atoms with Crippen molar-refractivity contribution in [3.63, 3.8) is 0 Å². The Labute approximate surface area is 82.1 Å². The highest BCUT2D eigenvalue weighted by molar-refractivity contribution is 5.80. The molecular weight excluding hydrogens is 212 g/mol. The number of imidazole rings is 1. The highest BCUT2D eigenvalue weighted by Gasteiger charge is 2.33. The zero-order chi connectivity index (χ0) is 11.2. The van der Waals surface area contributed by atoms with E-state index in [0.29, 0.717) is 0 Å². The average molecular weight is 218 g/mol. The van der Waals surface area contributed by atoms with Gasteiger partial charge in [0.1, 0.15) is 11.8 Å². The molecule has 0 radical (unpaired) electrons. The molecule has 2 aromatic rings. The third-order valence-electron chi connectivity index (χ3n) is 2.23. The van der Waals surface area contributed by atoms with E-state index in [4.69, 9.17) is 0 Å². The van der Waals surface area contributed by atoms with Crippen LogP contribution < -0.4 is 0 Å². The largest absolute Gasteiger partial charge is 0.416 e. The zero-order valence-corrected chi connectivity index (χ0v) is 7.64. The Morgan fingerprint density at radius 3 is 2.53 bits per heavy atom. The Morgan fingerprint density at radius 2 is 1.93 bits per heavy atom. The Hall–Kier alpha value is -1.59. The van der Waals surface area contributed by atoms with Gasteiger partial charge in [0.25, 0.3) is 0 Å². The van der Waals surface area contributed by atoms with Crippen molar-refractivity contribution in [2.24, 2.45) is 0 Å². The molecule has 2 nitrogen and oxygen atoms in total. The number of hydrogen-bond acceptors (Lipinski definition) is 1. The average Bonchev–Trinajstić information content (AvgIpc) is 2.47. The van der Waals surface area contributed by atoms with Crippen LogP contribution in [0.5, 0.6) is 0 Å². The molecule has 6 heteroatoms. The van der Waals surface area contributed by atoms with Gasteiger partial charge in [-0.15, -0.1) is 0 Å². The maximum atomic E-state index is 12.9. The van der Waals surface area contributed by atoms with Crippen molar-refractivity contribution < 1.29 is 17.7 Å². The number of aromatic nitrogens is 2. The number of benzene rings is 1. The van der Waals surface area contributed by atoms with Crippen molar-refractivity contribution in [1.29, 1.82) is 0 Å². The monoisotopic (exact) mass is 218 g/mol. The molecule has 1 heterocycles. The van der Waals surface area contributed by atoms with E-state index in [2.05, 4.69) is 4.98 Å². The van der Waals surface area contributed by atoms with E-state index in [9.17, 15) is 17.7 Å². The summed E-state index contributed by atoms with van der Waals surface area (Å²) in [5.41, 5.74) is -0.766. The van der Waals surface area contributed by atoms with Gasteiger partial charge in [-0.1, -0.05) is 4.48 Å². The number of hydrogen-bond donors (Lipinski definition) is 0. The van der Waals surface area contributed by atoms with Gasteiger partial charge in [-0.3, -0.25) is 0 Å². The SMILES string of the molecule is Cc1c(C(F)(F)F)ccc2c1ncn2F. The minimum atomic E-state index is -4.43. The van der Waals surface area contributed by atoms with Gasteiger partial charge in [-0.05, 0) is 24.6 Å². The molecular formula is C9H6F4N2. The molecule has 0 unspecified atom stereocenters. The number of aryl methyl sites for hydroxylation is 1. The van der Waals surface area contributed by atoms with Gasteiger partial charge in [0.05, 0.1) is 11.1 Å². The molecule has 0 bridgehead atoms. The molecule has 0 amide bonds. The van der Waals surface area contributed by atoms with E-state index in [1.165, 1.54) is 6.92 Å². The third kappa shape index (κ3) is 1.45. The fourth-order valence-electron chi connectivity index (χ4n) is 1.50. The fraction of sp³-hybridized carbons (Fsp3) is 0.222. The fourth-order valence-corrected chi connectivity index (χ4v) is 1.50. The smallest absolute Gasteiger partial charge is 0.234 e. The van der Waals surface area contributed by atoms with Crippen molar-refractivity contribution in [3.8, 4) is 0 Å². The van der Waals surface area contributed by atoms with Gasteiger partial charge in [-0.2, -0.15) is 18.0 Å². The zero-order valence-electron chi connectivity index (χ0n) is 7.64. The van der Waals surface area contributed by atoms with Crippen LogP contribution in [0.25, 0.3) is 11.0 Å². The molecule has 2 rings (SSSR count).